The fourth-order valence-electron chi connectivity index (χ4n) is 3.35. The van der Waals surface area contributed by atoms with Crippen molar-refractivity contribution in [1.29, 1.82) is 0 Å². The van der Waals surface area contributed by atoms with E-state index in [9.17, 15) is 0 Å². The van der Waals surface area contributed by atoms with Gasteiger partial charge in [-0.3, -0.25) is 0 Å². The molecule has 1 heterocycles. The summed E-state index contributed by atoms with van der Waals surface area (Å²) in [7, 11) is 1.65. The maximum Gasteiger partial charge on any atom is 0.258 e. The van der Waals surface area contributed by atoms with Crippen molar-refractivity contribution in [2.75, 3.05) is 7.11 Å². The zero-order valence-corrected chi connectivity index (χ0v) is 15.1. The van der Waals surface area contributed by atoms with Crippen LogP contribution in [0.25, 0.3) is 22.8 Å². The molecule has 1 aliphatic carbocycles. The number of aromatic nitrogens is 2. The number of aryl methyl sites for hydroxylation is 1. The summed E-state index contributed by atoms with van der Waals surface area (Å²) in [6.07, 6.45) is 4.96. The SMILES string of the molecule is COc1cc(-c2noc(-c3ccccc3C)n2)ccc1OC1CCCC1. The first-order valence-electron chi connectivity index (χ1n) is 8.99. The van der Waals surface area contributed by atoms with Gasteiger partial charge in [-0.25, -0.2) is 0 Å². The van der Waals surface area contributed by atoms with Gasteiger partial charge in [-0.15, -0.1) is 0 Å². The molecule has 0 N–H and O–H groups in total. The lowest BCUT2D eigenvalue weighted by Crippen LogP contribution is -2.11. The van der Waals surface area contributed by atoms with Crippen LogP contribution in [0.15, 0.2) is 47.0 Å². The number of methoxy groups -OCH3 is 1. The van der Waals surface area contributed by atoms with Crippen LogP contribution in [0.2, 0.25) is 0 Å². The van der Waals surface area contributed by atoms with Crippen LogP contribution >= 0.6 is 0 Å². The summed E-state index contributed by atoms with van der Waals surface area (Å²) in [6.45, 7) is 2.03. The van der Waals surface area contributed by atoms with E-state index in [1.807, 2.05) is 49.4 Å². The van der Waals surface area contributed by atoms with Gasteiger partial charge in [-0.05, 0) is 62.4 Å². The van der Waals surface area contributed by atoms with Gasteiger partial charge in [0.05, 0.1) is 13.2 Å². The van der Waals surface area contributed by atoms with E-state index in [0.717, 1.165) is 35.3 Å². The summed E-state index contributed by atoms with van der Waals surface area (Å²) in [5.74, 6) is 2.51. The molecule has 0 unspecified atom stereocenters. The summed E-state index contributed by atoms with van der Waals surface area (Å²) in [5, 5.41) is 4.13. The third-order valence-corrected chi connectivity index (χ3v) is 4.82. The van der Waals surface area contributed by atoms with Gasteiger partial charge >= 0.3 is 0 Å². The molecule has 0 radical (unpaired) electrons. The van der Waals surface area contributed by atoms with Gasteiger partial charge < -0.3 is 14.0 Å². The molecule has 1 fully saturated rings. The molecule has 1 aromatic heterocycles. The highest BCUT2D eigenvalue weighted by Gasteiger charge is 2.19. The molecule has 0 bridgehead atoms. The monoisotopic (exact) mass is 350 g/mol. The Morgan fingerprint density at radius 3 is 2.62 bits per heavy atom. The first-order valence-corrected chi connectivity index (χ1v) is 8.99. The first kappa shape index (κ1) is 16.6. The molecule has 0 spiro atoms. The third kappa shape index (κ3) is 3.29. The van der Waals surface area contributed by atoms with Crippen LogP contribution in [-0.4, -0.2) is 23.4 Å². The lowest BCUT2D eigenvalue weighted by Gasteiger charge is -2.16. The summed E-state index contributed by atoms with van der Waals surface area (Å²) in [5.41, 5.74) is 2.88. The molecule has 0 aliphatic heterocycles. The minimum absolute atomic E-state index is 0.285. The number of hydrogen-bond donors (Lipinski definition) is 0. The number of ether oxygens (including phenoxy) is 2. The average molecular weight is 350 g/mol. The van der Waals surface area contributed by atoms with Crippen molar-refractivity contribution >= 4 is 0 Å². The van der Waals surface area contributed by atoms with Crippen molar-refractivity contribution in [3.05, 3.63) is 48.0 Å². The smallest absolute Gasteiger partial charge is 0.258 e. The van der Waals surface area contributed by atoms with Crippen LogP contribution in [0, 0.1) is 6.92 Å². The Labute approximate surface area is 153 Å². The average Bonchev–Trinajstić information content (AvgIpc) is 3.34. The number of benzene rings is 2. The molecule has 0 saturated heterocycles. The summed E-state index contributed by atoms with van der Waals surface area (Å²) in [4.78, 5) is 4.55. The lowest BCUT2D eigenvalue weighted by atomic mass is 10.1. The van der Waals surface area contributed by atoms with E-state index >= 15 is 0 Å². The molecule has 1 aliphatic rings. The third-order valence-electron chi connectivity index (χ3n) is 4.82. The van der Waals surface area contributed by atoms with Crippen molar-refractivity contribution in [2.24, 2.45) is 0 Å². The number of rotatable bonds is 5. The predicted molar refractivity (Wildman–Crippen MR) is 99.3 cm³/mol. The standard InChI is InChI=1S/C21H22N2O3/c1-14-7-3-6-10-17(14)21-22-20(23-26-21)15-11-12-18(19(13-15)24-2)25-16-8-4-5-9-16/h3,6-7,10-13,16H,4-5,8-9H2,1-2H3. The van der Waals surface area contributed by atoms with E-state index in [-0.39, 0.29) is 6.10 Å². The Kier molecular flexibility index (Phi) is 4.61. The molecule has 3 aromatic rings. The summed E-state index contributed by atoms with van der Waals surface area (Å²) in [6, 6.07) is 13.7. The van der Waals surface area contributed by atoms with Gasteiger partial charge in [0.25, 0.3) is 5.89 Å². The van der Waals surface area contributed by atoms with E-state index in [1.165, 1.54) is 12.8 Å². The van der Waals surface area contributed by atoms with Crippen molar-refractivity contribution in [2.45, 2.75) is 38.7 Å². The Bertz CT molecular complexity index is 898. The first-order chi connectivity index (χ1) is 12.7. The zero-order chi connectivity index (χ0) is 17.9. The van der Waals surface area contributed by atoms with Gasteiger partial charge in [0.2, 0.25) is 5.82 Å². The molecule has 5 nitrogen and oxygen atoms in total. The topological polar surface area (TPSA) is 57.4 Å². The highest BCUT2D eigenvalue weighted by molar-refractivity contribution is 5.64. The molecule has 0 amide bonds. The fraction of sp³-hybridized carbons (Fsp3) is 0.333. The van der Waals surface area contributed by atoms with E-state index in [2.05, 4.69) is 10.1 Å². The Balaban J connectivity index is 1.61. The highest BCUT2D eigenvalue weighted by atomic mass is 16.5. The molecule has 134 valence electrons. The highest BCUT2D eigenvalue weighted by Crippen LogP contribution is 2.35. The van der Waals surface area contributed by atoms with Crippen molar-refractivity contribution < 1.29 is 14.0 Å². The van der Waals surface area contributed by atoms with E-state index in [4.69, 9.17) is 14.0 Å². The quantitative estimate of drug-likeness (QED) is 0.645. The van der Waals surface area contributed by atoms with Crippen molar-refractivity contribution in [1.82, 2.24) is 10.1 Å². The normalized spacial score (nSPS) is 14.5. The van der Waals surface area contributed by atoms with Gasteiger partial charge in [-0.2, -0.15) is 4.98 Å². The molecule has 4 rings (SSSR count). The molecule has 0 atom stereocenters. The van der Waals surface area contributed by atoms with Crippen LogP contribution in [0.3, 0.4) is 0 Å². The maximum absolute atomic E-state index is 6.09. The minimum Gasteiger partial charge on any atom is -0.493 e. The van der Waals surface area contributed by atoms with Crippen molar-refractivity contribution in [3.63, 3.8) is 0 Å². The van der Waals surface area contributed by atoms with E-state index in [0.29, 0.717) is 17.5 Å². The molecule has 1 saturated carbocycles. The zero-order valence-electron chi connectivity index (χ0n) is 15.1. The Hall–Kier alpha value is -2.82. The molecular weight excluding hydrogens is 328 g/mol. The summed E-state index contributed by atoms with van der Waals surface area (Å²) >= 11 is 0. The number of hydrogen-bond acceptors (Lipinski definition) is 5. The second kappa shape index (κ2) is 7.20. The van der Waals surface area contributed by atoms with Crippen molar-refractivity contribution in [3.8, 4) is 34.3 Å². The molecular formula is C21H22N2O3. The number of nitrogens with zero attached hydrogens (tertiary/aromatic N) is 2. The van der Waals surface area contributed by atoms with Crippen LogP contribution in [0.1, 0.15) is 31.2 Å². The second-order valence-corrected chi connectivity index (χ2v) is 6.63. The van der Waals surface area contributed by atoms with Crippen LogP contribution < -0.4 is 9.47 Å². The molecule has 2 aromatic carbocycles. The van der Waals surface area contributed by atoms with Gasteiger partial charge in [0, 0.05) is 11.1 Å². The van der Waals surface area contributed by atoms with E-state index in [1.54, 1.807) is 7.11 Å². The molecule has 5 heteroatoms. The summed E-state index contributed by atoms with van der Waals surface area (Å²) < 4.78 is 17.1. The van der Waals surface area contributed by atoms with Gasteiger partial charge in [0.1, 0.15) is 0 Å². The Morgan fingerprint density at radius 2 is 1.85 bits per heavy atom. The second-order valence-electron chi connectivity index (χ2n) is 6.63. The van der Waals surface area contributed by atoms with E-state index < -0.39 is 0 Å². The van der Waals surface area contributed by atoms with Crippen LogP contribution in [-0.2, 0) is 0 Å². The van der Waals surface area contributed by atoms with Crippen LogP contribution in [0.4, 0.5) is 0 Å². The van der Waals surface area contributed by atoms with Crippen LogP contribution in [0.5, 0.6) is 11.5 Å². The lowest BCUT2D eigenvalue weighted by molar-refractivity contribution is 0.201. The van der Waals surface area contributed by atoms with Gasteiger partial charge in [-0.1, -0.05) is 23.4 Å². The largest absolute Gasteiger partial charge is 0.493 e. The van der Waals surface area contributed by atoms with Gasteiger partial charge in [0.15, 0.2) is 11.5 Å². The maximum atomic E-state index is 6.09. The Morgan fingerprint density at radius 1 is 1.04 bits per heavy atom. The molecule has 26 heavy (non-hydrogen) atoms. The predicted octanol–water partition coefficient (Wildman–Crippen LogP) is 5.04. The minimum atomic E-state index is 0.285. The fourth-order valence-corrected chi connectivity index (χ4v) is 3.35.